The summed E-state index contributed by atoms with van der Waals surface area (Å²) in [7, 11) is 1.38. The molecule has 1 aromatic rings. The number of methoxy groups -OCH3 is 1. The average molecular weight is 330 g/mol. The highest BCUT2D eigenvalue weighted by molar-refractivity contribution is 5.88. The van der Waals surface area contributed by atoms with Crippen LogP contribution in [-0.4, -0.2) is 24.2 Å². The number of benzene rings is 1. The molecule has 0 fully saturated rings. The summed E-state index contributed by atoms with van der Waals surface area (Å²) < 4.78 is 4.57. The van der Waals surface area contributed by atoms with Crippen LogP contribution in [0, 0.1) is 5.41 Å². The van der Waals surface area contributed by atoms with Crippen molar-refractivity contribution in [1.82, 2.24) is 0 Å². The minimum atomic E-state index is -0.884. The maximum atomic E-state index is 11.0. The molecule has 0 aromatic heterocycles. The predicted octanol–water partition coefficient (Wildman–Crippen LogP) is 4.49. The molecular formula is C20H26O4. The maximum Gasteiger partial charge on any atom is 0.333 e. The molecule has 4 heteroatoms. The summed E-state index contributed by atoms with van der Waals surface area (Å²) in [4.78, 5) is 21.0. The van der Waals surface area contributed by atoms with Gasteiger partial charge < -0.3 is 9.84 Å². The molecule has 0 bridgehead atoms. The quantitative estimate of drug-likeness (QED) is 0.502. The molecule has 0 aliphatic heterocycles. The Hall–Kier alpha value is -2.62. The van der Waals surface area contributed by atoms with E-state index in [0.717, 1.165) is 5.56 Å². The fourth-order valence-electron chi connectivity index (χ4n) is 1.42. The predicted molar refractivity (Wildman–Crippen MR) is 97.5 cm³/mol. The Balaban J connectivity index is 0.000000506. The molecule has 24 heavy (non-hydrogen) atoms. The average Bonchev–Trinajstić information content (AvgIpc) is 2.53. The van der Waals surface area contributed by atoms with Gasteiger partial charge in [-0.15, -0.1) is 0 Å². The first kappa shape index (κ1) is 21.4. The first-order valence-corrected chi connectivity index (χ1v) is 7.56. The Kier molecular flexibility index (Phi) is 9.80. The van der Waals surface area contributed by atoms with Crippen LogP contribution in [0.2, 0.25) is 0 Å². The number of ether oxygens (including phenoxy) is 1. The third-order valence-corrected chi connectivity index (χ3v) is 2.67. The summed E-state index contributed by atoms with van der Waals surface area (Å²) in [6, 6.07) is 9.90. The van der Waals surface area contributed by atoms with E-state index >= 15 is 0 Å². The number of carboxylic acid groups (broad SMARTS) is 1. The highest BCUT2D eigenvalue weighted by atomic mass is 16.5. The van der Waals surface area contributed by atoms with E-state index in [4.69, 9.17) is 5.11 Å². The van der Waals surface area contributed by atoms with Crippen molar-refractivity contribution in [2.75, 3.05) is 7.11 Å². The minimum absolute atomic E-state index is 0.0294. The molecule has 1 rings (SSSR count). The van der Waals surface area contributed by atoms with Gasteiger partial charge in [-0.2, -0.15) is 0 Å². The summed E-state index contributed by atoms with van der Waals surface area (Å²) in [5, 5.41) is 8.19. The Morgan fingerprint density at radius 2 is 1.71 bits per heavy atom. The molecule has 0 amide bonds. The molecule has 0 spiro atoms. The number of hydrogen-bond acceptors (Lipinski definition) is 3. The van der Waals surface area contributed by atoms with Gasteiger partial charge in [0.25, 0.3) is 0 Å². The minimum Gasteiger partial charge on any atom is -0.478 e. The molecule has 4 nitrogen and oxygen atoms in total. The lowest BCUT2D eigenvalue weighted by Gasteiger charge is -2.09. The molecule has 1 aromatic carbocycles. The molecule has 0 unspecified atom stereocenters. The molecule has 0 saturated carbocycles. The Morgan fingerprint density at radius 3 is 2.12 bits per heavy atom. The van der Waals surface area contributed by atoms with E-state index in [1.165, 1.54) is 13.2 Å². The highest BCUT2D eigenvalue weighted by Gasteiger charge is 2.03. The van der Waals surface area contributed by atoms with E-state index in [0.29, 0.717) is 5.57 Å². The summed E-state index contributed by atoms with van der Waals surface area (Å²) in [5.41, 5.74) is 1.66. The van der Waals surface area contributed by atoms with E-state index in [-0.39, 0.29) is 11.4 Å². The van der Waals surface area contributed by atoms with Crippen LogP contribution in [0.5, 0.6) is 0 Å². The second-order valence-corrected chi connectivity index (χ2v) is 6.15. The van der Waals surface area contributed by atoms with E-state index < -0.39 is 5.97 Å². The fraction of sp³-hybridized carbons (Fsp3) is 0.300. The van der Waals surface area contributed by atoms with E-state index in [1.54, 1.807) is 19.1 Å². The van der Waals surface area contributed by atoms with Gasteiger partial charge in [-0.1, -0.05) is 75.4 Å². The molecule has 0 saturated heterocycles. The van der Waals surface area contributed by atoms with E-state index in [9.17, 15) is 9.59 Å². The number of rotatable bonds is 4. The van der Waals surface area contributed by atoms with Crippen LogP contribution in [-0.2, 0) is 14.3 Å². The Morgan fingerprint density at radius 1 is 1.12 bits per heavy atom. The van der Waals surface area contributed by atoms with Crippen molar-refractivity contribution in [2.24, 2.45) is 5.41 Å². The first-order chi connectivity index (χ1) is 11.2. The molecule has 1 N–H and O–H groups in total. The van der Waals surface area contributed by atoms with Crippen molar-refractivity contribution in [3.63, 3.8) is 0 Å². The van der Waals surface area contributed by atoms with Crippen LogP contribution in [0.25, 0.3) is 6.08 Å². The summed E-state index contributed by atoms with van der Waals surface area (Å²) in [6.07, 6.45) is 8.34. The lowest BCUT2D eigenvalue weighted by Crippen LogP contribution is -2.00. The van der Waals surface area contributed by atoms with Gasteiger partial charge in [-0.3, -0.25) is 0 Å². The van der Waals surface area contributed by atoms with Gasteiger partial charge in [0.2, 0.25) is 0 Å². The molecular weight excluding hydrogens is 304 g/mol. The van der Waals surface area contributed by atoms with Gasteiger partial charge in [0.1, 0.15) is 0 Å². The standard InChI is InChI=1S/C13H14O2.C7H12O2/c1-11(13(14)15-2)7-6-10-12-8-4-3-5-9-12;1-7(2,3)5-4-6(8)9/h3-10H,1-2H3;4-5H,1-3H3,(H,8,9). The number of allylic oxidation sites excluding steroid dienone is 3. The topological polar surface area (TPSA) is 63.6 Å². The van der Waals surface area contributed by atoms with Crippen LogP contribution in [0.15, 0.2) is 60.2 Å². The molecule has 0 heterocycles. The monoisotopic (exact) mass is 330 g/mol. The zero-order valence-corrected chi connectivity index (χ0v) is 14.9. The summed E-state index contributed by atoms with van der Waals surface area (Å²) in [5.74, 6) is -1.18. The van der Waals surface area contributed by atoms with Crippen molar-refractivity contribution in [3.8, 4) is 0 Å². The number of hydrogen-bond donors (Lipinski definition) is 1. The third kappa shape index (κ3) is 12.0. The summed E-state index contributed by atoms with van der Waals surface area (Å²) >= 11 is 0. The number of esters is 1. The normalized spacial score (nSPS) is 12.0. The van der Waals surface area contributed by atoms with Crippen LogP contribution in [0.1, 0.15) is 33.3 Å². The lowest BCUT2D eigenvalue weighted by atomic mass is 9.96. The van der Waals surface area contributed by atoms with Crippen LogP contribution in [0.4, 0.5) is 0 Å². The number of carbonyl (C=O) groups is 2. The van der Waals surface area contributed by atoms with Gasteiger partial charge in [0, 0.05) is 11.6 Å². The number of aliphatic carboxylic acids is 1. The second-order valence-electron chi connectivity index (χ2n) is 6.15. The molecule has 0 atom stereocenters. The SMILES string of the molecule is CC(C)(C)C=CC(=O)O.COC(=O)C(C)=CC=Cc1ccccc1. The largest absolute Gasteiger partial charge is 0.478 e. The van der Waals surface area contributed by atoms with Crippen LogP contribution in [0.3, 0.4) is 0 Å². The molecule has 130 valence electrons. The zero-order valence-electron chi connectivity index (χ0n) is 14.9. The van der Waals surface area contributed by atoms with Crippen LogP contribution < -0.4 is 0 Å². The zero-order chi connectivity index (χ0) is 18.6. The first-order valence-electron chi connectivity index (χ1n) is 7.56. The molecule has 0 aliphatic rings. The Labute approximate surface area is 144 Å². The molecule has 0 aliphatic carbocycles. The van der Waals surface area contributed by atoms with Crippen LogP contribution >= 0.6 is 0 Å². The number of carboxylic acids is 1. The van der Waals surface area contributed by atoms with Gasteiger partial charge in [-0.25, -0.2) is 9.59 Å². The maximum absolute atomic E-state index is 11.0. The Bertz CT molecular complexity index is 602. The van der Waals surface area contributed by atoms with Gasteiger partial charge >= 0.3 is 11.9 Å². The smallest absolute Gasteiger partial charge is 0.333 e. The van der Waals surface area contributed by atoms with Crippen molar-refractivity contribution in [1.29, 1.82) is 0 Å². The van der Waals surface area contributed by atoms with Crippen molar-refractivity contribution >= 4 is 18.0 Å². The van der Waals surface area contributed by atoms with E-state index in [1.807, 2.05) is 63.3 Å². The number of carbonyl (C=O) groups excluding carboxylic acids is 1. The van der Waals surface area contributed by atoms with Gasteiger partial charge in [-0.05, 0) is 17.9 Å². The van der Waals surface area contributed by atoms with Crippen molar-refractivity contribution in [3.05, 3.63) is 65.8 Å². The summed E-state index contributed by atoms with van der Waals surface area (Å²) in [6.45, 7) is 7.58. The third-order valence-electron chi connectivity index (χ3n) is 2.67. The lowest BCUT2D eigenvalue weighted by molar-refractivity contribution is -0.136. The van der Waals surface area contributed by atoms with Gasteiger partial charge in [0.15, 0.2) is 0 Å². The second kappa shape index (κ2) is 11.0. The molecule has 0 radical (unpaired) electrons. The van der Waals surface area contributed by atoms with Crippen molar-refractivity contribution < 1.29 is 19.4 Å². The highest BCUT2D eigenvalue weighted by Crippen LogP contribution is 2.13. The van der Waals surface area contributed by atoms with Crippen molar-refractivity contribution in [2.45, 2.75) is 27.7 Å². The fourth-order valence-corrected chi connectivity index (χ4v) is 1.42. The van der Waals surface area contributed by atoms with Gasteiger partial charge in [0.05, 0.1) is 7.11 Å². The van der Waals surface area contributed by atoms with E-state index in [2.05, 4.69) is 4.74 Å².